The Bertz CT molecular complexity index is 677. The van der Waals surface area contributed by atoms with Crippen LogP contribution in [0.2, 0.25) is 0 Å². The molecule has 1 unspecified atom stereocenters. The SMILES string of the molecule is Cn1ccc(CC(NN)c2ccc(S(C)(=O)=O)cc2)n1. The third-order valence-electron chi connectivity index (χ3n) is 3.09. The van der Waals surface area contributed by atoms with Gasteiger partial charge in [0, 0.05) is 25.9 Å². The van der Waals surface area contributed by atoms with Crippen molar-refractivity contribution in [1.29, 1.82) is 0 Å². The lowest BCUT2D eigenvalue weighted by Crippen LogP contribution is -2.29. The molecule has 0 aliphatic rings. The molecule has 6 nitrogen and oxygen atoms in total. The van der Waals surface area contributed by atoms with Gasteiger partial charge in [0.25, 0.3) is 0 Å². The lowest BCUT2D eigenvalue weighted by Gasteiger charge is -2.15. The van der Waals surface area contributed by atoms with E-state index in [1.165, 1.54) is 6.26 Å². The number of nitrogens with one attached hydrogen (secondary N) is 1. The van der Waals surface area contributed by atoms with Crippen molar-refractivity contribution in [2.45, 2.75) is 17.4 Å². The molecule has 0 aliphatic heterocycles. The molecule has 1 aromatic heterocycles. The molecule has 2 rings (SSSR count). The Labute approximate surface area is 118 Å². The number of aromatic nitrogens is 2. The number of nitrogens with zero attached hydrogens (tertiary/aromatic N) is 2. The largest absolute Gasteiger partial charge is 0.276 e. The molecular formula is C13H18N4O2S. The maximum absolute atomic E-state index is 11.4. The van der Waals surface area contributed by atoms with Crippen molar-refractivity contribution in [2.75, 3.05) is 6.26 Å². The summed E-state index contributed by atoms with van der Waals surface area (Å²) in [5.74, 6) is 5.58. The quantitative estimate of drug-likeness (QED) is 0.621. The molecule has 1 atom stereocenters. The van der Waals surface area contributed by atoms with Crippen LogP contribution in [0.3, 0.4) is 0 Å². The molecule has 1 aromatic carbocycles. The minimum atomic E-state index is -3.17. The third-order valence-corrected chi connectivity index (χ3v) is 4.22. The first-order chi connectivity index (χ1) is 9.40. The first kappa shape index (κ1) is 14.7. The molecule has 0 fully saturated rings. The second kappa shape index (κ2) is 5.74. The van der Waals surface area contributed by atoms with Crippen LogP contribution in [0.15, 0.2) is 41.4 Å². The van der Waals surface area contributed by atoms with Gasteiger partial charge in [-0.15, -0.1) is 0 Å². The van der Waals surface area contributed by atoms with Gasteiger partial charge in [0.15, 0.2) is 9.84 Å². The molecule has 0 aliphatic carbocycles. The van der Waals surface area contributed by atoms with Gasteiger partial charge in [0.1, 0.15) is 0 Å². The predicted octanol–water partition coefficient (Wildman–Crippen LogP) is 0.571. The number of nitrogens with two attached hydrogens (primary N) is 1. The monoisotopic (exact) mass is 294 g/mol. The summed E-state index contributed by atoms with van der Waals surface area (Å²) in [5, 5.41) is 4.31. The number of hydrogen-bond donors (Lipinski definition) is 2. The van der Waals surface area contributed by atoms with Gasteiger partial charge in [-0.25, -0.2) is 8.42 Å². The van der Waals surface area contributed by atoms with Gasteiger partial charge in [-0.05, 0) is 23.8 Å². The minimum absolute atomic E-state index is 0.112. The Kier molecular flexibility index (Phi) is 4.22. The summed E-state index contributed by atoms with van der Waals surface area (Å²) < 4.78 is 24.6. The van der Waals surface area contributed by atoms with Crippen molar-refractivity contribution in [3.63, 3.8) is 0 Å². The summed E-state index contributed by atoms with van der Waals surface area (Å²) in [6.45, 7) is 0. The van der Waals surface area contributed by atoms with Gasteiger partial charge in [-0.1, -0.05) is 12.1 Å². The van der Waals surface area contributed by atoms with E-state index in [4.69, 9.17) is 5.84 Å². The summed E-state index contributed by atoms with van der Waals surface area (Å²) in [6.07, 6.45) is 3.69. The highest BCUT2D eigenvalue weighted by molar-refractivity contribution is 7.90. The topological polar surface area (TPSA) is 90.0 Å². The average molecular weight is 294 g/mol. The molecule has 108 valence electrons. The Hall–Kier alpha value is -1.70. The number of hydrogen-bond acceptors (Lipinski definition) is 5. The van der Waals surface area contributed by atoms with E-state index in [0.717, 1.165) is 11.3 Å². The normalized spacial score (nSPS) is 13.3. The number of hydrazine groups is 1. The molecule has 0 radical (unpaired) electrons. The number of aryl methyl sites for hydroxylation is 1. The molecule has 20 heavy (non-hydrogen) atoms. The van der Waals surface area contributed by atoms with E-state index in [-0.39, 0.29) is 6.04 Å². The zero-order valence-electron chi connectivity index (χ0n) is 11.4. The maximum atomic E-state index is 11.4. The third kappa shape index (κ3) is 3.44. The minimum Gasteiger partial charge on any atom is -0.276 e. The van der Waals surface area contributed by atoms with Gasteiger partial charge in [-0.2, -0.15) is 5.10 Å². The first-order valence-electron chi connectivity index (χ1n) is 6.15. The highest BCUT2D eigenvalue weighted by atomic mass is 32.2. The van der Waals surface area contributed by atoms with E-state index in [0.29, 0.717) is 11.3 Å². The Morgan fingerprint density at radius 1 is 1.30 bits per heavy atom. The lowest BCUT2D eigenvalue weighted by molar-refractivity contribution is 0.541. The molecule has 0 amide bonds. The van der Waals surface area contributed by atoms with E-state index in [1.807, 2.05) is 19.3 Å². The molecule has 2 aromatic rings. The predicted molar refractivity (Wildman–Crippen MR) is 76.5 cm³/mol. The summed E-state index contributed by atoms with van der Waals surface area (Å²) >= 11 is 0. The molecule has 0 saturated heterocycles. The van der Waals surface area contributed by atoms with Crippen molar-refractivity contribution < 1.29 is 8.42 Å². The van der Waals surface area contributed by atoms with Gasteiger partial charge in [0.05, 0.1) is 16.6 Å². The van der Waals surface area contributed by atoms with Crippen molar-refractivity contribution in [2.24, 2.45) is 12.9 Å². The van der Waals surface area contributed by atoms with Crippen LogP contribution in [0.5, 0.6) is 0 Å². The second-order valence-corrected chi connectivity index (χ2v) is 6.76. The molecule has 1 heterocycles. The summed E-state index contributed by atoms with van der Waals surface area (Å²) in [5.41, 5.74) is 4.58. The standard InChI is InChI=1S/C13H18N4O2S/c1-17-8-7-11(16-17)9-13(15-14)10-3-5-12(6-4-10)20(2,18)19/h3-8,13,15H,9,14H2,1-2H3. The van der Waals surface area contributed by atoms with Gasteiger partial charge < -0.3 is 0 Å². The number of sulfone groups is 1. The zero-order valence-corrected chi connectivity index (χ0v) is 12.3. The van der Waals surface area contributed by atoms with Crippen LogP contribution in [0.1, 0.15) is 17.3 Å². The van der Waals surface area contributed by atoms with Crippen molar-refractivity contribution in [3.05, 3.63) is 47.8 Å². The van der Waals surface area contributed by atoms with Gasteiger partial charge in [0.2, 0.25) is 0 Å². The van der Waals surface area contributed by atoms with Crippen molar-refractivity contribution >= 4 is 9.84 Å². The molecule has 0 saturated carbocycles. The van der Waals surface area contributed by atoms with Crippen molar-refractivity contribution in [1.82, 2.24) is 15.2 Å². The Balaban J connectivity index is 2.19. The Morgan fingerprint density at radius 2 is 1.95 bits per heavy atom. The summed E-state index contributed by atoms with van der Waals surface area (Å²) in [7, 11) is -1.32. The van der Waals surface area contributed by atoms with E-state index in [2.05, 4.69) is 10.5 Å². The lowest BCUT2D eigenvalue weighted by atomic mass is 10.0. The fourth-order valence-electron chi connectivity index (χ4n) is 2.00. The zero-order chi connectivity index (χ0) is 14.8. The number of benzene rings is 1. The van der Waals surface area contributed by atoms with Crippen LogP contribution in [-0.2, 0) is 23.3 Å². The van der Waals surface area contributed by atoms with Gasteiger partial charge in [-0.3, -0.25) is 16.0 Å². The van der Waals surface area contributed by atoms with E-state index in [1.54, 1.807) is 28.9 Å². The molecule has 7 heteroatoms. The maximum Gasteiger partial charge on any atom is 0.175 e. The fourth-order valence-corrected chi connectivity index (χ4v) is 2.63. The van der Waals surface area contributed by atoms with E-state index >= 15 is 0 Å². The molecule has 0 bridgehead atoms. The van der Waals surface area contributed by atoms with Crippen LogP contribution >= 0.6 is 0 Å². The van der Waals surface area contributed by atoms with Crippen LogP contribution in [-0.4, -0.2) is 24.5 Å². The van der Waals surface area contributed by atoms with Gasteiger partial charge >= 0.3 is 0 Å². The molecule has 3 N–H and O–H groups in total. The van der Waals surface area contributed by atoms with Crippen LogP contribution in [0.25, 0.3) is 0 Å². The second-order valence-electron chi connectivity index (χ2n) is 4.75. The van der Waals surface area contributed by atoms with Crippen LogP contribution in [0, 0.1) is 0 Å². The highest BCUT2D eigenvalue weighted by Crippen LogP contribution is 2.19. The summed E-state index contributed by atoms with van der Waals surface area (Å²) in [4.78, 5) is 0.301. The first-order valence-corrected chi connectivity index (χ1v) is 8.04. The van der Waals surface area contributed by atoms with Crippen LogP contribution < -0.4 is 11.3 Å². The van der Waals surface area contributed by atoms with Crippen molar-refractivity contribution in [3.8, 4) is 0 Å². The number of rotatable bonds is 5. The molecular weight excluding hydrogens is 276 g/mol. The Morgan fingerprint density at radius 3 is 2.40 bits per heavy atom. The fraction of sp³-hybridized carbons (Fsp3) is 0.308. The summed E-state index contributed by atoms with van der Waals surface area (Å²) in [6, 6.07) is 8.53. The average Bonchev–Trinajstić information content (AvgIpc) is 2.81. The van der Waals surface area contributed by atoms with E-state index in [9.17, 15) is 8.42 Å². The molecule has 0 spiro atoms. The highest BCUT2D eigenvalue weighted by Gasteiger charge is 2.14. The smallest absolute Gasteiger partial charge is 0.175 e. The van der Waals surface area contributed by atoms with E-state index < -0.39 is 9.84 Å². The van der Waals surface area contributed by atoms with Crippen LogP contribution in [0.4, 0.5) is 0 Å².